The van der Waals surface area contributed by atoms with E-state index >= 15 is 0 Å². The molecule has 3 aromatic rings. The van der Waals surface area contributed by atoms with E-state index in [0.717, 1.165) is 16.7 Å². The van der Waals surface area contributed by atoms with Gasteiger partial charge in [0.15, 0.2) is 5.78 Å². The summed E-state index contributed by atoms with van der Waals surface area (Å²) >= 11 is 6.10. The van der Waals surface area contributed by atoms with Crippen LogP contribution in [0.5, 0.6) is 0 Å². The molecular weight excluding hydrogens is 390 g/mol. The maximum absolute atomic E-state index is 12.9. The Bertz CT molecular complexity index is 1040. The average molecular weight is 412 g/mol. The van der Waals surface area contributed by atoms with Crippen molar-refractivity contribution in [2.75, 3.05) is 0 Å². The molecule has 0 amide bonds. The Morgan fingerprint density at radius 2 is 1.79 bits per heavy atom. The van der Waals surface area contributed by atoms with E-state index in [0.29, 0.717) is 17.0 Å². The number of carbonyl (C=O) groups excluding carboxylic acids is 1. The fraction of sp³-hybridized carbons (Fsp3) is 0.174. The van der Waals surface area contributed by atoms with Gasteiger partial charge in [-0.15, -0.1) is 0 Å². The number of halogens is 1. The summed E-state index contributed by atoms with van der Waals surface area (Å²) < 4.78 is 1.43. The number of nitrogens with zero attached hydrogens (tertiary/aromatic N) is 1. The number of ketones is 1. The van der Waals surface area contributed by atoms with Gasteiger partial charge < -0.3 is 9.67 Å². The second-order valence-electron chi connectivity index (χ2n) is 6.56. The summed E-state index contributed by atoms with van der Waals surface area (Å²) in [6.07, 6.45) is 1.92. The molecular formula is C23H22ClNO4. The second-order valence-corrected chi connectivity index (χ2v) is 7.00. The van der Waals surface area contributed by atoms with Crippen LogP contribution in [0.2, 0.25) is 5.02 Å². The molecule has 0 radical (unpaired) electrons. The van der Waals surface area contributed by atoms with Gasteiger partial charge in [0.1, 0.15) is 0 Å². The summed E-state index contributed by atoms with van der Waals surface area (Å²) in [5, 5.41) is 7.57. The van der Waals surface area contributed by atoms with Crippen LogP contribution in [0.25, 0.3) is 0 Å². The molecule has 0 fully saturated rings. The first kappa shape index (κ1) is 22.1. The number of hydrogen-bond donors (Lipinski definition) is 1. The van der Waals surface area contributed by atoms with Crippen molar-refractivity contribution >= 4 is 23.9 Å². The molecule has 5 nitrogen and oxygen atoms in total. The van der Waals surface area contributed by atoms with Crippen LogP contribution >= 0.6 is 11.6 Å². The Kier molecular flexibility index (Phi) is 7.92. The number of carboxylic acid groups (broad SMARTS) is 1. The minimum atomic E-state index is -0.250. The Balaban J connectivity index is 0.000000941. The van der Waals surface area contributed by atoms with Crippen molar-refractivity contribution < 1.29 is 14.7 Å². The Morgan fingerprint density at radius 3 is 2.38 bits per heavy atom. The zero-order valence-corrected chi connectivity index (χ0v) is 17.0. The topological polar surface area (TPSA) is 76.4 Å². The van der Waals surface area contributed by atoms with Gasteiger partial charge in [0.05, 0.1) is 0 Å². The van der Waals surface area contributed by atoms with Crippen LogP contribution in [0.1, 0.15) is 39.4 Å². The first-order valence-corrected chi connectivity index (χ1v) is 9.34. The molecule has 0 spiro atoms. The summed E-state index contributed by atoms with van der Waals surface area (Å²) in [6.45, 7) is 1.76. The van der Waals surface area contributed by atoms with Gasteiger partial charge >= 0.3 is 0 Å². The van der Waals surface area contributed by atoms with Gasteiger partial charge in [0.2, 0.25) is 5.56 Å². The summed E-state index contributed by atoms with van der Waals surface area (Å²) in [5.41, 5.74) is 3.63. The van der Waals surface area contributed by atoms with E-state index in [1.54, 1.807) is 19.3 Å². The van der Waals surface area contributed by atoms with Gasteiger partial charge in [-0.05, 0) is 41.8 Å². The molecule has 0 aliphatic heterocycles. The second kappa shape index (κ2) is 10.4. The Labute approximate surface area is 174 Å². The van der Waals surface area contributed by atoms with E-state index in [1.807, 2.05) is 55.5 Å². The molecule has 0 bridgehead atoms. The van der Waals surface area contributed by atoms with Gasteiger partial charge in [-0.2, -0.15) is 0 Å². The van der Waals surface area contributed by atoms with Crippen molar-refractivity contribution in [2.45, 2.75) is 19.3 Å². The zero-order chi connectivity index (χ0) is 21.4. The summed E-state index contributed by atoms with van der Waals surface area (Å²) in [4.78, 5) is 32.8. The average Bonchev–Trinajstić information content (AvgIpc) is 2.70. The molecule has 0 aliphatic rings. The fourth-order valence-corrected chi connectivity index (χ4v) is 3.41. The normalized spacial score (nSPS) is 11.1. The third kappa shape index (κ3) is 5.90. The third-order valence-electron chi connectivity index (χ3n) is 4.61. The lowest BCUT2D eigenvalue weighted by Gasteiger charge is -2.20. The lowest BCUT2D eigenvalue weighted by atomic mass is 9.84. The smallest absolute Gasteiger partial charge is 0.290 e. The molecule has 0 aliphatic carbocycles. The highest BCUT2D eigenvalue weighted by atomic mass is 35.5. The number of aryl methyl sites for hydroxylation is 2. The minimum Gasteiger partial charge on any atom is -0.483 e. The molecule has 1 N–H and O–H groups in total. The molecule has 29 heavy (non-hydrogen) atoms. The number of carbonyl (C=O) groups is 2. The highest BCUT2D eigenvalue weighted by Crippen LogP contribution is 2.32. The van der Waals surface area contributed by atoms with E-state index in [1.165, 1.54) is 10.6 Å². The molecule has 6 heteroatoms. The van der Waals surface area contributed by atoms with Gasteiger partial charge in [0.25, 0.3) is 6.47 Å². The van der Waals surface area contributed by atoms with Crippen LogP contribution in [0.15, 0.2) is 71.7 Å². The van der Waals surface area contributed by atoms with E-state index in [-0.39, 0.29) is 23.7 Å². The predicted octanol–water partition coefficient (Wildman–Crippen LogP) is 4.45. The van der Waals surface area contributed by atoms with Gasteiger partial charge in [-0.3, -0.25) is 14.4 Å². The summed E-state index contributed by atoms with van der Waals surface area (Å²) in [5.74, 6) is -0.0676. The van der Waals surface area contributed by atoms with E-state index < -0.39 is 0 Å². The molecule has 2 aromatic carbocycles. The van der Waals surface area contributed by atoms with Crippen LogP contribution in [0, 0.1) is 6.92 Å². The number of aromatic nitrogens is 1. The van der Waals surface area contributed by atoms with Gasteiger partial charge in [0, 0.05) is 42.2 Å². The number of Topliss-reactive ketones (excluding diaryl/α,β-unsaturated/α-hetero) is 1. The van der Waals surface area contributed by atoms with Crippen molar-refractivity contribution in [2.24, 2.45) is 7.05 Å². The number of rotatable bonds is 5. The Morgan fingerprint density at radius 1 is 1.14 bits per heavy atom. The van der Waals surface area contributed by atoms with Gasteiger partial charge in [-0.1, -0.05) is 48.0 Å². The molecule has 150 valence electrons. The molecule has 1 aromatic heterocycles. The monoisotopic (exact) mass is 411 g/mol. The van der Waals surface area contributed by atoms with Crippen LogP contribution in [0.4, 0.5) is 0 Å². The van der Waals surface area contributed by atoms with Crippen molar-refractivity contribution in [3.8, 4) is 0 Å². The largest absolute Gasteiger partial charge is 0.483 e. The summed E-state index contributed by atoms with van der Waals surface area (Å²) in [6, 6.07) is 18.8. The molecule has 1 unspecified atom stereocenters. The first-order valence-electron chi connectivity index (χ1n) is 8.96. The molecule has 1 atom stereocenters. The van der Waals surface area contributed by atoms with Crippen LogP contribution < -0.4 is 5.56 Å². The third-order valence-corrected chi connectivity index (χ3v) is 4.84. The van der Waals surface area contributed by atoms with Crippen molar-refractivity contribution in [3.63, 3.8) is 0 Å². The lowest BCUT2D eigenvalue weighted by Crippen LogP contribution is -2.17. The van der Waals surface area contributed by atoms with E-state index in [2.05, 4.69) is 0 Å². The fourth-order valence-electron chi connectivity index (χ4n) is 3.18. The Hall–Kier alpha value is -3.18. The van der Waals surface area contributed by atoms with Crippen LogP contribution in [0.3, 0.4) is 0 Å². The van der Waals surface area contributed by atoms with Crippen molar-refractivity contribution in [3.05, 3.63) is 104 Å². The molecule has 0 saturated carbocycles. The SMILES string of the molecule is Cc1cc(Cl)ccc1C(CC(=O)c1ccc(=O)n(C)c1)c1ccccc1.O=CO. The lowest BCUT2D eigenvalue weighted by molar-refractivity contribution is -0.122. The van der Waals surface area contributed by atoms with E-state index in [4.69, 9.17) is 21.5 Å². The molecule has 1 heterocycles. The number of pyridine rings is 1. The number of hydrogen-bond acceptors (Lipinski definition) is 3. The quantitative estimate of drug-likeness (QED) is 0.497. The van der Waals surface area contributed by atoms with Crippen molar-refractivity contribution in [1.82, 2.24) is 4.57 Å². The van der Waals surface area contributed by atoms with E-state index in [9.17, 15) is 9.59 Å². The van der Waals surface area contributed by atoms with Crippen molar-refractivity contribution in [1.29, 1.82) is 0 Å². The minimum absolute atomic E-state index is 0.00352. The van der Waals surface area contributed by atoms with Crippen LogP contribution in [-0.4, -0.2) is 21.9 Å². The van der Waals surface area contributed by atoms with Crippen LogP contribution in [-0.2, 0) is 11.8 Å². The standard InChI is InChI=1S/C22H20ClNO2.CH2O2/c1-15-12-18(23)9-10-19(15)20(16-6-4-3-5-7-16)13-21(25)17-8-11-22(26)24(2)14-17;2-1-3/h3-12,14,20H,13H2,1-2H3;1H,(H,2,3). The zero-order valence-electron chi connectivity index (χ0n) is 16.2. The first-order chi connectivity index (χ1) is 13.9. The highest BCUT2D eigenvalue weighted by molar-refractivity contribution is 6.30. The predicted molar refractivity (Wildman–Crippen MR) is 114 cm³/mol. The highest BCUT2D eigenvalue weighted by Gasteiger charge is 2.21. The summed E-state index contributed by atoms with van der Waals surface area (Å²) in [7, 11) is 1.65. The molecule has 0 saturated heterocycles. The maximum Gasteiger partial charge on any atom is 0.290 e. The van der Waals surface area contributed by atoms with Gasteiger partial charge in [-0.25, -0.2) is 0 Å². The molecule has 3 rings (SSSR count). The maximum atomic E-state index is 12.9. The number of benzene rings is 2.